The summed E-state index contributed by atoms with van der Waals surface area (Å²) >= 11 is 6.85. The summed E-state index contributed by atoms with van der Waals surface area (Å²) in [6, 6.07) is 7.94. The van der Waals surface area contributed by atoms with Gasteiger partial charge in [0.2, 0.25) is 0 Å². The van der Waals surface area contributed by atoms with Crippen LogP contribution in [0, 0.1) is 0 Å². The number of benzene rings is 1. The molecule has 2 rings (SSSR count). The summed E-state index contributed by atoms with van der Waals surface area (Å²) in [5, 5.41) is 8.13. The Hall–Kier alpha value is -0.680. The molecule has 0 aliphatic carbocycles. The van der Waals surface area contributed by atoms with Crippen LogP contribution in [0.1, 0.15) is 17.4 Å². The number of rotatable bonds is 2. The fourth-order valence-electron chi connectivity index (χ4n) is 1.18. The monoisotopic (exact) mass is 329 g/mol. The minimum absolute atomic E-state index is 0.224. The molecule has 0 saturated carbocycles. The molecule has 2 aromatic rings. The fourth-order valence-corrected chi connectivity index (χ4v) is 1.65. The molecule has 3 nitrogen and oxygen atoms in total. The van der Waals surface area contributed by atoms with Crippen molar-refractivity contribution in [2.24, 2.45) is 0 Å². The summed E-state index contributed by atoms with van der Waals surface area (Å²) in [5.41, 5.74) is 1.93. The molecule has 78 valence electrons. The van der Waals surface area contributed by atoms with Crippen LogP contribution in [0.3, 0.4) is 0 Å². The molecule has 0 amide bonds. The Morgan fingerprint density at radius 2 is 1.93 bits per heavy atom. The zero-order valence-corrected chi connectivity index (χ0v) is 11.2. The van der Waals surface area contributed by atoms with Crippen LogP contribution in [0.5, 0.6) is 0 Å². The normalized spacial score (nSPS) is 12.7. The summed E-state index contributed by atoms with van der Waals surface area (Å²) in [6.45, 7) is 2.02. The van der Waals surface area contributed by atoms with Gasteiger partial charge < -0.3 is 0 Å². The van der Waals surface area contributed by atoms with Crippen molar-refractivity contribution in [1.82, 2.24) is 15.0 Å². The van der Waals surface area contributed by atoms with Gasteiger partial charge in [-0.25, -0.2) is 4.68 Å². The average Bonchev–Trinajstić information content (AvgIpc) is 2.68. The Bertz CT molecular complexity index is 448. The van der Waals surface area contributed by atoms with Gasteiger partial charge in [0, 0.05) is 4.47 Å². The molecule has 1 aromatic carbocycles. The van der Waals surface area contributed by atoms with Gasteiger partial charge in [0.1, 0.15) is 0 Å². The predicted molar refractivity (Wildman–Crippen MR) is 66.4 cm³/mol. The topological polar surface area (TPSA) is 30.7 Å². The molecule has 0 bridgehead atoms. The number of aromatic nitrogens is 3. The fraction of sp³-hybridized carbons (Fsp3) is 0.200. The number of hydrogen-bond donors (Lipinski definition) is 0. The van der Waals surface area contributed by atoms with Crippen LogP contribution < -0.4 is 0 Å². The van der Waals surface area contributed by atoms with Crippen LogP contribution in [-0.2, 0) is 0 Å². The molecule has 0 aliphatic rings. The second-order valence-corrected chi connectivity index (χ2v) is 5.47. The predicted octanol–water partition coefficient (Wildman–Crippen LogP) is 3.49. The molecule has 15 heavy (non-hydrogen) atoms. The van der Waals surface area contributed by atoms with Crippen LogP contribution in [0.15, 0.2) is 34.9 Å². The largest absolute Gasteiger partial charge is 0.220 e. The Morgan fingerprint density at radius 1 is 1.27 bits per heavy atom. The number of hydrogen-bond acceptors (Lipinski definition) is 2. The maximum absolute atomic E-state index is 4.07. The molecule has 1 atom stereocenters. The van der Waals surface area contributed by atoms with E-state index >= 15 is 0 Å². The van der Waals surface area contributed by atoms with Crippen molar-refractivity contribution in [2.75, 3.05) is 0 Å². The van der Waals surface area contributed by atoms with Gasteiger partial charge in [-0.3, -0.25) is 0 Å². The van der Waals surface area contributed by atoms with Crippen LogP contribution in [0.25, 0.3) is 5.69 Å². The molecule has 0 saturated heterocycles. The van der Waals surface area contributed by atoms with E-state index < -0.39 is 0 Å². The van der Waals surface area contributed by atoms with Gasteiger partial charge in [0.25, 0.3) is 0 Å². The second kappa shape index (κ2) is 4.45. The van der Waals surface area contributed by atoms with Crippen LogP contribution in [-0.4, -0.2) is 15.0 Å². The number of nitrogens with zero attached hydrogens (tertiary/aromatic N) is 3. The molecule has 0 aliphatic heterocycles. The molecule has 0 radical (unpaired) electrons. The van der Waals surface area contributed by atoms with Gasteiger partial charge in [-0.2, -0.15) is 0 Å². The van der Waals surface area contributed by atoms with E-state index in [9.17, 15) is 0 Å². The zero-order chi connectivity index (χ0) is 10.8. The first-order valence-electron chi connectivity index (χ1n) is 4.49. The Kier molecular flexibility index (Phi) is 3.21. The lowest BCUT2D eigenvalue weighted by Crippen LogP contribution is -1.93. The van der Waals surface area contributed by atoms with Crippen molar-refractivity contribution in [3.05, 3.63) is 40.6 Å². The summed E-state index contributed by atoms with van der Waals surface area (Å²) in [5.74, 6) is 0. The summed E-state index contributed by atoms with van der Waals surface area (Å²) in [6.07, 6.45) is 1.92. The van der Waals surface area contributed by atoms with Gasteiger partial charge in [-0.1, -0.05) is 37.1 Å². The lowest BCUT2D eigenvalue weighted by atomic mass is 10.3. The van der Waals surface area contributed by atoms with Crippen LogP contribution in [0.4, 0.5) is 0 Å². The van der Waals surface area contributed by atoms with Gasteiger partial charge in [0.05, 0.1) is 22.4 Å². The zero-order valence-electron chi connectivity index (χ0n) is 8.06. The van der Waals surface area contributed by atoms with Gasteiger partial charge in [-0.15, -0.1) is 5.10 Å². The Balaban J connectivity index is 2.33. The highest BCUT2D eigenvalue weighted by Crippen LogP contribution is 2.20. The Labute approximate surface area is 105 Å². The van der Waals surface area contributed by atoms with Crippen molar-refractivity contribution in [3.63, 3.8) is 0 Å². The minimum atomic E-state index is 0.224. The van der Waals surface area contributed by atoms with E-state index in [1.807, 2.05) is 37.4 Å². The van der Waals surface area contributed by atoms with E-state index in [1.165, 1.54) is 0 Å². The summed E-state index contributed by atoms with van der Waals surface area (Å²) in [7, 11) is 0. The first-order chi connectivity index (χ1) is 7.16. The number of alkyl halides is 1. The molecule has 1 aromatic heterocycles. The van der Waals surface area contributed by atoms with Crippen molar-refractivity contribution in [1.29, 1.82) is 0 Å². The van der Waals surface area contributed by atoms with Crippen molar-refractivity contribution < 1.29 is 0 Å². The van der Waals surface area contributed by atoms with E-state index in [0.717, 1.165) is 15.9 Å². The van der Waals surface area contributed by atoms with Crippen molar-refractivity contribution >= 4 is 31.9 Å². The van der Waals surface area contributed by atoms with E-state index in [0.29, 0.717) is 0 Å². The molecule has 5 heteroatoms. The summed E-state index contributed by atoms with van der Waals surface area (Å²) in [4.78, 5) is 0.224. The molecule has 1 heterocycles. The van der Waals surface area contributed by atoms with E-state index in [2.05, 4.69) is 42.2 Å². The molecular weight excluding hydrogens is 322 g/mol. The Morgan fingerprint density at radius 3 is 2.47 bits per heavy atom. The number of halogens is 2. The lowest BCUT2D eigenvalue weighted by molar-refractivity contribution is 0.797. The maximum Gasteiger partial charge on any atom is 0.0965 e. The maximum atomic E-state index is 4.07. The van der Waals surface area contributed by atoms with E-state index in [4.69, 9.17) is 0 Å². The third-order valence-corrected chi connectivity index (χ3v) is 3.01. The minimum Gasteiger partial charge on any atom is -0.220 e. The standard InChI is InChI=1S/C10H9Br2N3/c1-7(11)10-6-15(14-13-10)9-4-2-8(12)3-5-9/h2-7H,1H3. The molecule has 1 unspecified atom stereocenters. The average molecular weight is 331 g/mol. The van der Waals surface area contributed by atoms with E-state index in [1.54, 1.807) is 4.68 Å². The first kappa shape index (κ1) is 10.8. The van der Waals surface area contributed by atoms with Crippen LogP contribution >= 0.6 is 31.9 Å². The quantitative estimate of drug-likeness (QED) is 0.789. The summed E-state index contributed by atoms with van der Waals surface area (Å²) < 4.78 is 2.82. The van der Waals surface area contributed by atoms with Crippen LogP contribution in [0.2, 0.25) is 0 Å². The lowest BCUT2D eigenvalue weighted by Gasteiger charge is -1.99. The molecular formula is C10H9Br2N3. The van der Waals surface area contributed by atoms with Gasteiger partial charge in [-0.05, 0) is 31.2 Å². The highest BCUT2D eigenvalue weighted by molar-refractivity contribution is 9.10. The van der Waals surface area contributed by atoms with E-state index in [-0.39, 0.29) is 4.83 Å². The SMILES string of the molecule is CC(Br)c1cn(-c2ccc(Br)cc2)nn1. The van der Waals surface area contributed by atoms with Gasteiger partial charge >= 0.3 is 0 Å². The first-order valence-corrected chi connectivity index (χ1v) is 6.20. The highest BCUT2D eigenvalue weighted by atomic mass is 79.9. The van der Waals surface area contributed by atoms with Gasteiger partial charge in [0.15, 0.2) is 0 Å². The van der Waals surface area contributed by atoms with Crippen molar-refractivity contribution in [3.8, 4) is 5.69 Å². The molecule has 0 fully saturated rings. The third-order valence-electron chi connectivity index (χ3n) is 2.01. The second-order valence-electron chi connectivity index (χ2n) is 3.18. The van der Waals surface area contributed by atoms with Crippen molar-refractivity contribution in [2.45, 2.75) is 11.8 Å². The smallest absolute Gasteiger partial charge is 0.0965 e. The molecule has 0 spiro atoms. The highest BCUT2D eigenvalue weighted by Gasteiger charge is 2.06. The molecule has 0 N–H and O–H groups in total. The third kappa shape index (κ3) is 2.46.